The van der Waals surface area contributed by atoms with E-state index >= 15 is 0 Å². The fourth-order valence-electron chi connectivity index (χ4n) is 2.45. The number of hydrogen-bond donors (Lipinski definition) is 5. The van der Waals surface area contributed by atoms with Gasteiger partial charge in [-0.05, 0) is 35.3 Å². The molecule has 0 radical (unpaired) electrons. The Morgan fingerprint density at radius 3 is 2.68 bits per heavy atom. The second-order valence-corrected chi connectivity index (χ2v) is 6.94. The zero-order valence-electron chi connectivity index (χ0n) is 12.6. The van der Waals surface area contributed by atoms with Crippen molar-refractivity contribution in [1.82, 2.24) is 0 Å². The molecule has 1 heterocycles. The van der Waals surface area contributed by atoms with E-state index in [1.807, 2.05) is 5.32 Å². The van der Waals surface area contributed by atoms with Gasteiger partial charge in [-0.15, -0.1) is 0 Å². The number of fused-ring (bicyclic) bond motifs is 1. The third kappa shape index (κ3) is 3.53. The summed E-state index contributed by atoms with van der Waals surface area (Å²) in [5.74, 6) is -0.291. The highest BCUT2D eigenvalue weighted by Crippen LogP contribution is 2.28. The number of rotatable bonds is 4. The Bertz CT molecular complexity index is 948. The summed E-state index contributed by atoms with van der Waals surface area (Å²) < 4.78 is 32.5. The number of nitrogens with one attached hydrogen (secondary N) is 2. The van der Waals surface area contributed by atoms with E-state index in [9.17, 15) is 23.3 Å². The van der Waals surface area contributed by atoms with Gasteiger partial charge in [0.05, 0.1) is 12.3 Å². The van der Waals surface area contributed by atoms with Crippen molar-refractivity contribution >= 4 is 40.1 Å². The van der Waals surface area contributed by atoms with Crippen LogP contribution < -0.4 is 15.5 Å². The van der Waals surface area contributed by atoms with Crippen LogP contribution in [0.2, 0.25) is 0 Å². The number of carboxylic acid groups (broad SMARTS) is 1. The molecule has 0 saturated heterocycles. The third-order valence-corrected chi connectivity index (χ3v) is 4.99. The van der Waals surface area contributed by atoms with Gasteiger partial charge in [-0.1, -0.05) is 6.07 Å². The lowest BCUT2D eigenvalue weighted by Crippen LogP contribution is -2.28. The average molecular weight is 364 g/mol. The first kappa shape index (κ1) is 17.1. The number of phenolic OH excluding ortho intramolecular Hbond substituents is 1. The topological polar surface area (TPSA) is 145 Å². The van der Waals surface area contributed by atoms with Gasteiger partial charge in [0.1, 0.15) is 10.6 Å². The van der Waals surface area contributed by atoms with Crippen molar-refractivity contribution in [3.05, 3.63) is 42.0 Å². The van der Waals surface area contributed by atoms with Crippen molar-refractivity contribution in [2.24, 2.45) is 0 Å². The van der Waals surface area contributed by atoms with Gasteiger partial charge in [-0.2, -0.15) is 0 Å². The lowest BCUT2D eigenvalue weighted by molar-refractivity contribution is 0.209. The minimum Gasteiger partial charge on any atom is -0.508 e. The standard InChI is InChI=1S/C14H13BN2O7S/c18-10-3-4-13(12(6-10)16-14(19)20)25(22,23)17-9-2-1-8-7-24-15(21)11(8)5-9/h1-6,16-18,21H,7H2,(H,19,20). The third-order valence-electron chi connectivity index (χ3n) is 3.56. The molecule has 5 N–H and O–H groups in total. The van der Waals surface area contributed by atoms with E-state index in [1.165, 1.54) is 12.1 Å². The summed E-state index contributed by atoms with van der Waals surface area (Å²) in [6.07, 6.45) is -1.47. The first-order valence-electron chi connectivity index (χ1n) is 7.04. The van der Waals surface area contributed by atoms with Crippen molar-refractivity contribution in [1.29, 1.82) is 0 Å². The van der Waals surface area contributed by atoms with Crippen LogP contribution in [0.4, 0.5) is 16.2 Å². The molecule has 3 rings (SSSR count). The van der Waals surface area contributed by atoms with Gasteiger partial charge in [0.2, 0.25) is 0 Å². The molecule has 0 aliphatic carbocycles. The molecule has 1 amide bonds. The molecule has 9 nitrogen and oxygen atoms in total. The van der Waals surface area contributed by atoms with E-state index in [0.29, 0.717) is 5.46 Å². The van der Waals surface area contributed by atoms with Gasteiger partial charge in [0, 0.05) is 11.8 Å². The van der Waals surface area contributed by atoms with Gasteiger partial charge in [-0.3, -0.25) is 10.0 Å². The summed E-state index contributed by atoms with van der Waals surface area (Å²) in [7, 11) is -5.28. The number of aromatic hydroxyl groups is 1. The highest BCUT2D eigenvalue weighted by molar-refractivity contribution is 7.92. The van der Waals surface area contributed by atoms with Crippen molar-refractivity contribution in [3.63, 3.8) is 0 Å². The van der Waals surface area contributed by atoms with Crippen LogP contribution in [0.5, 0.6) is 5.75 Å². The summed E-state index contributed by atoms with van der Waals surface area (Å²) in [5.41, 5.74) is 1.09. The van der Waals surface area contributed by atoms with Crippen LogP contribution in [0.25, 0.3) is 0 Å². The zero-order chi connectivity index (χ0) is 18.2. The average Bonchev–Trinajstić information content (AvgIpc) is 2.87. The van der Waals surface area contributed by atoms with Gasteiger partial charge in [-0.25, -0.2) is 13.2 Å². The normalized spacial score (nSPS) is 13.4. The molecule has 0 spiro atoms. The van der Waals surface area contributed by atoms with E-state index in [-0.39, 0.29) is 28.6 Å². The molecule has 2 aromatic rings. The minimum atomic E-state index is -4.15. The first-order valence-corrected chi connectivity index (χ1v) is 8.53. The number of phenols is 1. The van der Waals surface area contributed by atoms with E-state index in [1.54, 1.807) is 6.07 Å². The van der Waals surface area contributed by atoms with Crippen LogP contribution in [0, 0.1) is 0 Å². The second kappa shape index (κ2) is 6.28. The molecular formula is C14H13BN2O7S. The summed E-state index contributed by atoms with van der Waals surface area (Å²) in [6, 6.07) is 7.76. The Morgan fingerprint density at radius 2 is 1.96 bits per heavy atom. The molecule has 0 unspecified atom stereocenters. The molecule has 11 heteroatoms. The second-order valence-electron chi connectivity index (χ2n) is 5.29. The maximum atomic E-state index is 12.6. The molecule has 25 heavy (non-hydrogen) atoms. The lowest BCUT2D eigenvalue weighted by Gasteiger charge is -2.13. The number of hydrogen-bond acceptors (Lipinski definition) is 6. The predicted molar refractivity (Wildman–Crippen MR) is 89.4 cm³/mol. The maximum absolute atomic E-state index is 12.6. The van der Waals surface area contributed by atoms with Crippen LogP contribution in [-0.2, 0) is 21.3 Å². The minimum absolute atomic E-state index is 0.178. The van der Waals surface area contributed by atoms with Crippen LogP contribution >= 0.6 is 0 Å². The molecule has 0 saturated carbocycles. The van der Waals surface area contributed by atoms with Gasteiger partial charge in [0.25, 0.3) is 10.0 Å². The summed E-state index contributed by atoms with van der Waals surface area (Å²) in [6.45, 7) is 0.230. The Kier molecular flexibility index (Phi) is 4.29. The van der Waals surface area contributed by atoms with E-state index < -0.39 is 23.2 Å². The fraction of sp³-hybridized carbons (Fsp3) is 0.0714. The molecule has 130 valence electrons. The Labute approximate surface area is 143 Å². The van der Waals surface area contributed by atoms with Crippen molar-refractivity contribution in [2.45, 2.75) is 11.5 Å². The molecule has 1 aliphatic heterocycles. The van der Waals surface area contributed by atoms with E-state index in [2.05, 4.69) is 4.72 Å². The Morgan fingerprint density at radius 1 is 1.20 bits per heavy atom. The maximum Gasteiger partial charge on any atom is 0.491 e. The SMILES string of the molecule is O=C(O)Nc1cc(O)ccc1S(=O)(=O)Nc1ccc2c(c1)B(O)OC2. The molecule has 0 bridgehead atoms. The molecule has 0 atom stereocenters. The predicted octanol–water partition coefficient (Wildman–Crippen LogP) is 0.501. The van der Waals surface area contributed by atoms with Gasteiger partial charge >= 0.3 is 13.2 Å². The largest absolute Gasteiger partial charge is 0.508 e. The number of benzene rings is 2. The number of anilines is 2. The summed E-state index contributed by atoms with van der Waals surface area (Å²) >= 11 is 0. The van der Waals surface area contributed by atoms with Crippen LogP contribution in [-0.4, -0.2) is 36.9 Å². The molecule has 2 aromatic carbocycles. The molecular weight excluding hydrogens is 351 g/mol. The highest BCUT2D eigenvalue weighted by Gasteiger charge is 2.28. The lowest BCUT2D eigenvalue weighted by atomic mass is 9.79. The summed E-state index contributed by atoms with van der Waals surface area (Å²) in [5, 5.41) is 29.9. The van der Waals surface area contributed by atoms with Gasteiger partial charge < -0.3 is 19.9 Å². The van der Waals surface area contributed by atoms with Gasteiger partial charge in [0.15, 0.2) is 0 Å². The molecule has 1 aliphatic rings. The van der Waals surface area contributed by atoms with Crippen LogP contribution in [0.1, 0.15) is 5.56 Å². The summed E-state index contributed by atoms with van der Waals surface area (Å²) in [4.78, 5) is 10.5. The molecule has 0 fully saturated rings. The number of sulfonamides is 1. The van der Waals surface area contributed by atoms with E-state index in [0.717, 1.165) is 23.8 Å². The van der Waals surface area contributed by atoms with Crippen molar-refractivity contribution in [2.75, 3.05) is 10.0 Å². The number of amides is 1. The van der Waals surface area contributed by atoms with Crippen LogP contribution in [0.15, 0.2) is 41.3 Å². The van der Waals surface area contributed by atoms with Crippen molar-refractivity contribution < 1.29 is 33.1 Å². The quantitative estimate of drug-likeness (QED) is 0.497. The monoisotopic (exact) mass is 364 g/mol. The fourth-order valence-corrected chi connectivity index (χ4v) is 3.65. The van der Waals surface area contributed by atoms with E-state index in [4.69, 9.17) is 9.76 Å². The number of carbonyl (C=O) groups is 1. The van der Waals surface area contributed by atoms with Crippen molar-refractivity contribution in [3.8, 4) is 5.75 Å². The Balaban J connectivity index is 1.95. The van der Waals surface area contributed by atoms with Crippen LogP contribution in [0.3, 0.4) is 0 Å². The Hall–Kier alpha value is -2.76. The first-order chi connectivity index (χ1) is 11.8. The molecule has 0 aromatic heterocycles. The zero-order valence-corrected chi connectivity index (χ0v) is 13.4. The highest BCUT2D eigenvalue weighted by atomic mass is 32.2. The smallest absolute Gasteiger partial charge is 0.491 e.